The molecule has 0 saturated heterocycles. The second-order valence-electron chi connectivity index (χ2n) is 18.7. The van der Waals surface area contributed by atoms with Crippen LogP contribution in [0.15, 0.2) is 95.8 Å². The van der Waals surface area contributed by atoms with Crippen molar-refractivity contribution < 1.29 is 55.0 Å². The minimum absolute atomic E-state index is 0.0761. The fraction of sp³-hybridized carbons (Fsp3) is 0.542. The monoisotopic (exact) mass is 956 g/mol. The van der Waals surface area contributed by atoms with E-state index in [9.17, 15) is 36.0 Å². The minimum atomic E-state index is -4.19. The summed E-state index contributed by atoms with van der Waals surface area (Å²) in [5, 5.41) is 5.14. The topological polar surface area (TPSA) is 222 Å². The van der Waals surface area contributed by atoms with Crippen molar-refractivity contribution in [3.8, 4) is 11.5 Å². The standard InChI is InChI=1S/C25H36N2O6S.C23H32N2O6S/c1-6-8-9-10-11-12-16-32-20-14-13-15-21(17-20)34(30,31)27-22(28)25(18-19(25)7-2)26-23(29)33-24(3,4)5;1-22(2,3)31-21(27)24-23-16-17(23)11-8-6-4-5-7-9-14-30-18-12-10-13-19(15-18)32(28,29)25-20(23)26/h6-7,13-15,17,19H,1-2,8-12,16,18H2,3-5H3,(H,26,29)(H,27,28);8,10-13,15,17H,4-7,9,14,16H2,1-3H3,(H,24,27)(H,25,26)/b;11-8+/t19-,25-;17-,23-/m11/s1. The van der Waals surface area contributed by atoms with Crippen molar-refractivity contribution in [2.75, 3.05) is 13.2 Å². The van der Waals surface area contributed by atoms with E-state index >= 15 is 0 Å². The summed E-state index contributed by atoms with van der Waals surface area (Å²) in [6, 6.07) is 12.0. The summed E-state index contributed by atoms with van der Waals surface area (Å²) in [4.78, 5) is 50.5. The molecular formula is C48H68N4O12S2. The van der Waals surface area contributed by atoms with Gasteiger partial charge < -0.3 is 29.6 Å². The van der Waals surface area contributed by atoms with Gasteiger partial charge in [-0.25, -0.2) is 35.9 Å². The van der Waals surface area contributed by atoms with Gasteiger partial charge in [-0.2, -0.15) is 0 Å². The van der Waals surface area contributed by atoms with E-state index in [2.05, 4.69) is 33.2 Å². The number of benzene rings is 2. The fourth-order valence-electron chi connectivity index (χ4n) is 7.10. The van der Waals surface area contributed by atoms with Crippen molar-refractivity contribution in [2.24, 2.45) is 11.8 Å². The Balaban J connectivity index is 0.000000289. The van der Waals surface area contributed by atoms with Gasteiger partial charge in [0.25, 0.3) is 31.9 Å². The summed E-state index contributed by atoms with van der Waals surface area (Å²) < 4.78 is 77.7. The number of unbranched alkanes of at least 4 members (excludes halogenated alkanes) is 4. The van der Waals surface area contributed by atoms with Gasteiger partial charge in [-0.3, -0.25) is 9.59 Å². The van der Waals surface area contributed by atoms with Gasteiger partial charge in [-0.15, -0.1) is 13.2 Å². The van der Waals surface area contributed by atoms with E-state index in [1.54, 1.807) is 65.8 Å². The first-order valence-corrected chi connectivity index (χ1v) is 25.4. The van der Waals surface area contributed by atoms with Gasteiger partial charge in [0.15, 0.2) is 0 Å². The zero-order valence-electron chi connectivity index (χ0n) is 39.1. The molecule has 4 atom stereocenters. The third-order valence-electron chi connectivity index (χ3n) is 10.7. The Kier molecular flexibility index (Phi) is 18.5. The van der Waals surface area contributed by atoms with Gasteiger partial charge in [-0.1, -0.05) is 62.1 Å². The van der Waals surface area contributed by atoms with Crippen LogP contribution in [0.25, 0.3) is 0 Å². The third-order valence-corrected chi connectivity index (χ3v) is 13.4. The predicted octanol–water partition coefficient (Wildman–Crippen LogP) is 8.15. The van der Waals surface area contributed by atoms with Gasteiger partial charge in [0.2, 0.25) is 0 Å². The number of allylic oxidation sites excluding steroid dienone is 2. The summed E-state index contributed by atoms with van der Waals surface area (Å²) in [6.07, 6.45) is 16.1. The first-order chi connectivity index (χ1) is 30.9. The van der Waals surface area contributed by atoms with E-state index in [4.69, 9.17) is 18.9 Å². The normalized spacial score (nSPS) is 23.2. The van der Waals surface area contributed by atoms with Crippen LogP contribution in [0.1, 0.15) is 119 Å². The van der Waals surface area contributed by atoms with Crippen molar-refractivity contribution in [2.45, 2.75) is 151 Å². The fourth-order valence-corrected chi connectivity index (χ4v) is 9.24. The Morgan fingerprint density at radius 3 is 2.21 bits per heavy atom. The quantitative estimate of drug-likeness (QED) is 0.104. The van der Waals surface area contributed by atoms with E-state index in [-0.39, 0.29) is 22.1 Å². The van der Waals surface area contributed by atoms with Gasteiger partial charge in [0, 0.05) is 24.0 Å². The SMILES string of the molecule is C=CCCCCCCOc1cccc(S(=O)(=O)NC(=O)[C@@]2(NC(=O)OC(C)(C)C)C[C@H]2C=C)c1.CC(C)(C)OC(=O)N[C@]12C[C@H]1/C=C/CCCCCCOc1cccc(c1)S(=O)(=O)NC2=O. The molecule has 1 heterocycles. The van der Waals surface area contributed by atoms with Crippen LogP contribution in [0.3, 0.4) is 0 Å². The Bertz CT molecular complexity index is 2300. The Morgan fingerprint density at radius 1 is 0.879 bits per heavy atom. The Morgan fingerprint density at radius 2 is 1.55 bits per heavy atom. The molecule has 4 N–H and O–H groups in total. The summed E-state index contributed by atoms with van der Waals surface area (Å²) in [5.41, 5.74) is -4.30. The summed E-state index contributed by atoms with van der Waals surface area (Å²) >= 11 is 0. The number of hydrogen-bond acceptors (Lipinski definition) is 12. The second kappa shape index (κ2) is 22.9. The maximum Gasteiger partial charge on any atom is 0.408 e. The molecule has 18 heteroatoms. The zero-order chi connectivity index (χ0) is 48.8. The average Bonchev–Trinajstić information content (AvgIpc) is 4.13. The third kappa shape index (κ3) is 16.2. The molecule has 1 aliphatic heterocycles. The zero-order valence-corrected chi connectivity index (χ0v) is 40.7. The van der Waals surface area contributed by atoms with Crippen LogP contribution in [0.5, 0.6) is 11.5 Å². The molecule has 3 aliphatic rings. The molecule has 66 heavy (non-hydrogen) atoms. The predicted molar refractivity (Wildman–Crippen MR) is 251 cm³/mol. The molecule has 16 nitrogen and oxygen atoms in total. The largest absolute Gasteiger partial charge is 0.494 e. The number of nitrogens with one attached hydrogen (secondary N) is 4. The van der Waals surface area contributed by atoms with Crippen molar-refractivity contribution >= 4 is 44.0 Å². The lowest BCUT2D eigenvalue weighted by molar-refractivity contribution is -0.123. The molecule has 2 bridgehead atoms. The number of hydrogen-bond donors (Lipinski definition) is 4. The summed E-state index contributed by atoms with van der Waals surface area (Å²) in [6.45, 7) is 18.6. The molecule has 2 aromatic carbocycles. The minimum Gasteiger partial charge on any atom is -0.494 e. The van der Waals surface area contributed by atoms with Crippen LogP contribution in [-0.4, -0.2) is 76.3 Å². The number of sulfonamides is 2. The number of alkyl carbamates (subject to hydrolysis) is 2. The Hall–Kier alpha value is -5.36. The molecule has 0 radical (unpaired) electrons. The molecule has 2 aliphatic carbocycles. The van der Waals surface area contributed by atoms with Crippen LogP contribution >= 0.6 is 0 Å². The number of amides is 4. The second-order valence-corrected chi connectivity index (χ2v) is 22.1. The van der Waals surface area contributed by atoms with Crippen LogP contribution in [-0.2, 0) is 39.1 Å². The van der Waals surface area contributed by atoms with Crippen LogP contribution < -0.4 is 29.6 Å². The number of carbonyl (C=O) groups is 4. The number of carbonyl (C=O) groups excluding carboxylic acids is 4. The molecule has 2 saturated carbocycles. The molecule has 364 valence electrons. The van der Waals surface area contributed by atoms with Crippen molar-refractivity contribution in [1.82, 2.24) is 20.1 Å². The maximum atomic E-state index is 13.1. The Labute approximate surface area is 390 Å². The summed E-state index contributed by atoms with van der Waals surface area (Å²) in [7, 11) is -8.34. The molecule has 0 aromatic heterocycles. The first kappa shape index (κ1) is 53.3. The van der Waals surface area contributed by atoms with E-state index < -0.39 is 72.2 Å². The van der Waals surface area contributed by atoms with Crippen molar-refractivity contribution in [1.29, 1.82) is 0 Å². The number of fused-ring (bicyclic) bond motifs is 3. The van der Waals surface area contributed by atoms with E-state index in [0.29, 0.717) is 31.1 Å². The maximum absolute atomic E-state index is 13.1. The highest BCUT2D eigenvalue weighted by Gasteiger charge is 2.62. The molecule has 2 aromatic rings. The first-order valence-electron chi connectivity index (χ1n) is 22.5. The molecular weight excluding hydrogens is 889 g/mol. The van der Waals surface area contributed by atoms with Crippen molar-refractivity contribution in [3.63, 3.8) is 0 Å². The average molecular weight is 957 g/mol. The highest BCUT2D eigenvalue weighted by Crippen LogP contribution is 2.46. The highest BCUT2D eigenvalue weighted by molar-refractivity contribution is 7.90. The smallest absolute Gasteiger partial charge is 0.408 e. The molecule has 0 unspecified atom stereocenters. The van der Waals surface area contributed by atoms with Gasteiger partial charge in [0.05, 0.1) is 23.0 Å². The lowest BCUT2D eigenvalue weighted by atomic mass is 10.1. The molecule has 0 spiro atoms. The van der Waals surface area contributed by atoms with Gasteiger partial charge in [-0.05, 0) is 117 Å². The van der Waals surface area contributed by atoms with E-state index in [1.807, 2.05) is 18.2 Å². The number of ether oxygens (including phenoxy) is 4. The number of rotatable bonds is 14. The van der Waals surface area contributed by atoms with Gasteiger partial charge >= 0.3 is 12.2 Å². The highest BCUT2D eigenvalue weighted by atomic mass is 32.2. The van der Waals surface area contributed by atoms with E-state index in [0.717, 1.165) is 64.2 Å². The summed E-state index contributed by atoms with van der Waals surface area (Å²) in [5.74, 6) is -1.51. The lowest BCUT2D eigenvalue weighted by Gasteiger charge is -2.23. The van der Waals surface area contributed by atoms with Crippen LogP contribution in [0.4, 0.5) is 9.59 Å². The van der Waals surface area contributed by atoms with E-state index in [1.165, 1.54) is 30.3 Å². The molecule has 2 fully saturated rings. The molecule has 5 rings (SSSR count). The molecule has 4 amide bonds. The van der Waals surface area contributed by atoms with Crippen molar-refractivity contribution in [3.05, 3.63) is 86.0 Å². The van der Waals surface area contributed by atoms with Gasteiger partial charge in [0.1, 0.15) is 33.8 Å². The lowest BCUT2D eigenvalue weighted by Crippen LogP contribution is -2.52. The van der Waals surface area contributed by atoms with Crippen LogP contribution in [0.2, 0.25) is 0 Å². The van der Waals surface area contributed by atoms with Crippen LogP contribution in [0, 0.1) is 11.8 Å².